The zero-order valence-corrected chi connectivity index (χ0v) is 11.2. The predicted octanol–water partition coefficient (Wildman–Crippen LogP) is 3.90. The Morgan fingerprint density at radius 3 is 1.72 bits per heavy atom. The Bertz CT molecular complexity index is 508. The van der Waals surface area contributed by atoms with E-state index in [-0.39, 0.29) is 0 Å². The Hall–Kier alpha value is -1.82. The lowest BCUT2D eigenvalue weighted by atomic mass is 10.4. The third kappa shape index (κ3) is 2.24. The zero-order valence-electron chi connectivity index (χ0n) is 10.3. The highest BCUT2D eigenvalue weighted by Crippen LogP contribution is 2.57. The normalized spacial score (nSPS) is 10.7. The van der Waals surface area contributed by atoms with Crippen molar-refractivity contribution in [1.82, 2.24) is 0 Å². The highest BCUT2D eigenvalue weighted by Gasteiger charge is 2.41. The summed E-state index contributed by atoms with van der Waals surface area (Å²) in [6.07, 6.45) is 0.838. The van der Waals surface area contributed by atoms with Gasteiger partial charge in [0.25, 0.3) is 0 Å². The van der Waals surface area contributed by atoms with Crippen molar-refractivity contribution in [3.05, 3.63) is 71.1 Å². The molecule has 2 aromatic rings. The Labute approximate surface area is 107 Å². The van der Waals surface area contributed by atoms with Gasteiger partial charge in [-0.3, -0.25) is 0 Å². The summed E-state index contributed by atoms with van der Waals surface area (Å²) in [7, 11) is -1.97. The Kier molecular flexibility index (Phi) is 3.99. The van der Waals surface area contributed by atoms with E-state index in [1.807, 2.05) is 36.4 Å². The molecule has 0 fully saturated rings. The second kappa shape index (κ2) is 5.68. The molecular weight excluding hydrogens is 241 g/mol. The number of rotatable bonds is 4. The molecule has 2 aromatic carbocycles. The first-order valence-corrected chi connectivity index (χ1v) is 7.82. The van der Waals surface area contributed by atoms with Crippen LogP contribution in [0.25, 0.3) is 10.4 Å². The molecule has 0 radical (unpaired) electrons. The molecule has 0 amide bonds. The summed E-state index contributed by atoms with van der Waals surface area (Å²) in [6.45, 7) is 2.09. The molecule has 18 heavy (non-hydrogen) atoms. The van der Waals surface area contributed by atoms with E-state index in [9.17, 15) is 0 Å². The Morgan fingerprint density at radius 1 is 0.944 bits per heavy atom. The average molecular weight is 256 g/mol. The summed E-state index contributed by atoms with van der Waals surface area (Å²) in [5, 5.41) is 2.27. The van der Waals surface area contributed by atoms with E-state index >= 15 is 0 Å². The summed E-state index contributed by atoms with van der Waals surface area (Å²) in [5.74, 6) is 0. The molecule has 90 valence electrons. The highest BCUT2D eigenvalue weighted by molar-refractivity contribution is 7.88. The van der Waals surface area contributed by atoms with E-state index < -0.39 is 7.41 Å². The van der Waals surface area contributed by atoms with Gasteiger partial charge in [-0.15, -0.1) is 0 Å². The van der Waals surface area contributed by atoms with E-state index in [2.05, 4.69) is 41.0 Å². The monoisotopic (exact) mass is 256 g/mol. The summed E-state index contributed by atoms with van der Waals surface area (Å²) in [5.41, 5.74) is 8.94. The summed E-state index contributed by atoms with van der Waals surface area (Å²) >= 11 is 0. The topological polar surface area (TPSA) is 48.8 Å². The molecular formula is C14H15N3P+. The molecule has 0 saturated heterocycles. The average Bonchev–Trinajstić information content (AvgIpc) is 2.47. The molecule has 0 aliphatic heterocycles. The van der Waals surface area contributed by atoms with Crippen LogP contribution in [0.5, 0.6) is 0 Å². The fourth-order valence-electron chi connectivity index (χ4n) is 2.10. The minimum atomic E-state index is -1.97. The van der Waals surface area contributed by atoms with Crippen LogP contribution in [0.1, 0.15) is 6.92 Å². The number of hydrogen-bond acceptors (Lipinski definition) is 1. The molecule has 2 rings (SSSR count). The van der Waals surface area contributed by atoms with Crippen LogP contribution in [-0.2, 0) is 0 Å². The largest absolute Gasteiger partial charge is 0.190 e. The van der Waals surface area contributed by atoms with Crippen LogP contribution in [0.2, 0.25) is 0 Å². The molecule has 0 aliphatic rings. The molecule has 4 heteroatoms. The summed E-state index contributed by atoms with van der Waals surface area (Å²) in [6, 6.07) is 20.2. The van der Waals surface area contributed by atoms with Gasteiger partial charge in [-0.1, -0.05) is 36.4 Å². The third-order valence-electron chi connectivity index (χ3n) is 3.02. The predicted molar refractivity (Wildman–Crippen MR) is 78.8 cm³/mol. The molecule has 0 spiro atoms. The van der Waals surface area contributed by atoms with E-state index in [0.29, 0.717) is 0 Å². The van der Waals surface area contributed by atoms with Crippen LogP contribution in [0, 0.1) is 0 Å². The van der Waals surface area contributed by atoms with Crippen molar-refractivity contribution in [1.29, 1.82) is 0 Å². The van der Waals surface area contributed by atoms with E-state index in [1.165, 1.54) is 0 Å². The number of benzene rings is 2. The maximum absolute atomic E-state index is 8.94. The van der Waals surface area contributed by atoms with Gasteiger partial charge in [0.2, 0.25) is 0 Å². The van der Waals surface area contributed by atoms with Crippen molar-refractivity contribution in [3.8, 4) is 0 Å². The van der Waals surface area contributed by atoms with Crippen molar-refractivity contribution in [2.24, 2.45) is 4.88 Å². The first-order chi connectivity index (χ1) is 8.83. The minimum absolute atomic E-state index is 0.838. The number of azide groups is 1. The molecule has 0 aromatic heterocycles. The van der Waals surface area contributed by atoms with Gasteiger partial charge >= 0.3 is 0 Å². The van der Waals surface area contributed by atoms with Gasteiger partial charge in [0.05, 0.1) is 11.0 Å². The lowest BCUT2D eigenvalue weighted by molar-refractivity contribution is 1.45. The number of hydrogen-bond donors (Lipinski definition) is 0. The summed E-state index contributed by atoms with van der Waals surface area (Å²) < 4.78 is 0. The molecule has 0 aliphatic carbocycles. The van der Waals surface area contributed by atoms with Crippen molar-refractivity contribution in [3.63, 3.8) is 0 Å². The van der Waals surface area contributed by atoms with Gasteiger partial charge in [0, 0.05) is 4.91 Å². The van der Waals surface area contributed by atoms with Gasteiger partial charge in [0.1, 0.15) is 10.6 Å². The van der Waals surface area contributed by atoms with E-state index in [0.717, 1.165) is 16.8 Å². The van der Waals surface area contributed by atoms with Crippen LogP contribution in [0.15, 0.2) is 65.5 Å². The third-order valence-corrected chi connectivity index (χ3v) is 6.62. The maximum atomic E-state index is 8.94. The van der Waals surface area contributed by atoms with Gasteiger partial charge < -0.3 is 0 Å². The molecule has 0 heterocycles. The van der Waals surface area contributed by atoms with Crippen molar-refractivity contribution < 1.29 is 0 Å². The van der Waals surface area contributed by atoms with Crippen LogP contribution in [0.4, 0.5) is 0 Å². The lowest BCUT2D eigenvalue weighted by Gasteiger charge is -2.18. The molecule has 0 bridgehead atoms. The summed E-state index contributed by atoms with van der Waals surface area (Å²) in [4.78, 5) is 7.31. The molecule has 0 unspecified atom stereocenters. The van der Waals surface area contributed by atoms with Crippen LogP contribution < -0.4 is 10.6 Å². The van der Waals surface area contributed by atoms with Crippen LogP contribution in [-0.4, -0.2) is 6.16 Å². The fourth-order valence-corrected chi connectivity index (χ4v) is 4.93. The molecule has 3 nitrogen and oxygen atoms in total. The highest BCUT2D eigenvalue weighted by atomic mass is 31.2. The smallest absolute Gasteiger partial charge is 0.0620 e. The second-order valence-corrected chi connectivity index (χ2v) is 7.32. The van der Waals surface area contributed by atoms with Crippen LogP contribution >= 0.6 is 7.41 Å². The molecule has 0 saturated carbocycles. The Balaban J connectivity index is 2.65. The quantitative estimate of drug-likeness (QED) is 0.345. The first kappa shape index (κ1) is 12.6. The standard InChI is InChI=1S/C14H15N3P/c1-2-18(17-16-15,13-9-5-3-6-10-13)14-11-7-4-8-12-14/h3-12H,2H2,1H3/q+1. The van der Waals surface area contributed by atoms with Gasteiger partial charge in [-0.2, -0.15) is 0 Å². The fraction of sp³-hybridized carbons (Fsp3) is 0.143. The van der Waals surface area contributed by atoms with E-state index in [1.54, 1.807) is 0 Å². The lowest BCUT2D eigenvalue weighted by Crippen LogP contribution is -2.21. The first-order valence-electron chi connectivity index (χ1n) is 5.89. The van der Waals surface area contributed by atoms with Crippen LogP contribution in [0.3, 0.4) is 0 Å². The van der Waals surface area contributed by atoms with Gasteiger partial charge in [0.15, 0.2) is 7.41 Å². The van der Waals surface area contributed by atoms with Crippen molar-refractivity contribution in [2.45, 2.75) is 6.92 Å². The minimum Gasteiger partial charge on any atom is -0.0620 e. The maximum Gasteiger partial charge on any atom is 0.190 e. The zero-order chi connectivity index (χ0) is 12.8. The molecule has 0 atom stereocenters. The van der Waals surface area contributed by atoms with Gasteiger partial charge in [-0.05, 0) is 36.7 Å². The van der Waals surface area contributed by atoms with Crippen molar-refractivity contribution in [2.75, 3.05) is 6.16 Å². The Morgan fingerprint density at radius 2 is 1.39 bits per heavy atom. The van der Waals surface area contributed by atoms with E-state index in [4.69, 9.17) is 5.53 Å². The molecule has 0 N–H and O–H groups in total. The number of nitrogens with zero attached hydrogens (tertiary/aromatic N) is 3. The SMILES string of the molecule is CC[P+](N=[N+]=[N-])(c1ccccc1)c1ccccc1. The van der Waals surface area contributed by atoms with Gasteiger partial charge in [-0.25, -0.2) is 0 Å². The van der Waals surface area contributed by atoms with Crippen molar-refractivity contribution >= 4 is 18.0 Å². The second-order valence-electron chi connectivity index (χ2n) is 3.94.